The van der Waals surface area contributed by atoms with Crippen molar-refractivity contribution in [3.05, 3.63) is 69.5 Å². The van der Waals surface area contributed by atoms with Crippen LogP contribution in [0.5, 0.6) is 0 Å². The van der Waals surface area contributed by atoms with Gasteiger partial charge in [0.2, 0.25) is 0 Å². The van der Waals surface area contributed by atoms with E-state index in [4.69, 9.17) is 23.2 Å². The van der Waals surface area contributed by atoms with Gasteiger partial charge in [-0.1, -0.05) is 41.4 Å². The fourth-order valence-corrected chi connectivity index (χ4v) is 2.70. The molecule has 1 N–H and O–H groups in total. The van der Waals surface area contributed by atoms with E-state index in [9.17, 15) is 9.50 Å². The first-order valence-corrected chi connectivity index (χ1v) is 7.02. The van der Waals surface area contributed by atoms with E-state index in [1.807, 2.05) is 0 Å². The van der Waals surface area contributed by atoms with Gasteiger partial charge in [-0.25, -0.2) is 4.39 Å². The lowest BCUT2D eigenvalue weighted by molar-refractivity contribution is 0.0608. The molecule has 0 aliphatic carbocycles. The molecule has 0 saturated heterocycles. The van der Waals surface area contributed by atoms with Crippen LogP contribution in [0.15, 0.2) is 42.5 Å². The maximum Gasteiger partial charge on any atom is 0.123 e. The summed E-state index contributed by atoms with van der Waals surface area (Å²) in [5, 5.41) is 11.6. The van der Waals surface area contributed by atoms with Crippen LogP contribution in [-0.2, 0) is 12.8 Å². The molecule has 0 bridgehead atoms. The molecule has 20 heavy (non-hydrogen) atoms. The smallest absolute Gasteiger partial charge is 0.123 e. The Balaban J connectivity index is 2.14. The van der Waals surface area contributed by atoms with E-state index in [0.29, 0.717) is 22.9 Å². The molecule has 0 amide bonds. The van der Waals surface area contributed by atoms with Gasteiger partial charge in [-0.05, 0) is 42.3 Å². The minimum Gasteiger partial charge on any atom is -0.389 e. The highest BCUT2D eigenvalue weighted by Crippen LogP contribution is 2.26. The summed E-state index contributed by atoms with van der Waals surface area (Å²) in [5.41, 5.74) is 0.559. The second kappa shape index (κ2) is 6.13. The number of hydrogen-bond acceptors (Lipinski definition) is 1. The van der Waals surface area contributed by atoms with Crippen molar-refractivity contribution < 1.29 is 9.50 Å². The topological polar surface area (TPSA) is 20.2 Å². The Bertz CT molecular complexity index is 611. The van der Waals surface area contributed by atoms with Crippen LogP contribution < -0.4 is 0 Å². The van der Waals surface area contributed by atoms with Crippen molar-refractivity contribution in [1.82, 2.24) is 0 Å². The summed E-state index contributed by atoms with van der Waals surface area (Å²) in [4.78, 5) is 0. The Labute approximate surface area is 128 Å². The molecule has 1 nitrogen and oxygen atoms in total. The predicted octanol–water partition coefficient (Wildman–Crippen LogP) is 4.67. The third-order valence-electron chi connectivity index (χ3n) is 3.06. The van der Waals surface area contributed by atoms with E-state index in [2.05, 4.69) is 0 Å². The summed E-state index contributed by atoms with van der Waals surface area (Å²) >= 11 is 12.0. The third kappa shape index (κ3) is 4.20. The van der Waals surface area contributed by atoms with Gasteiger partial charge < -0.3 is 5.11 Å². The summed E-state index contributed by atoms with van der Waals surface area (Å²) in [7, 11) is 0. The molecule has 1 unspecified atom stereocenters. The first kappa shape index (κ1) is 15.3. The highest BCUT2D eigenvalue weighted by atomic mass is 35.5. The zero-order chi connectivity index (χ0) is 14.8. The first-order valence-electron chi connectivity index (χ1n) is 6.26. The molecular formula is C16H15Cl2FO. The van der Waals surface area contributed by atoms with Crippen LogP contribution in [0.1, 0.15) is 18.1 Å². The number of aliphatic hydroxyl groups is 1. The molecule has 0 saturated carbocycles. The van der Waals surface area contributed by atoms with Gasteiger partial charge in [-0.3, -0.25) is 0 Å². The summed E-state index contributed by atoms with van der Waals surface area (Å²) in [5.74, 6) is -0.303. The number of rotatable bonds is 4. The van der Waals surface area contributed by atoms with E-state index in [0.717, 1.165) is 11.1 Å². The van der Waals surface area contributed by atoms with Crippen LogP contribution in [-0.4, -0.2) is 10.7 Å². The maximum atomic E-state index is 13.2. The highest BCUT2D eigenvalue weighted by Gasteiger charge is 2.23. The minimum atomic E-state index is -1.01. The van der Waals surface area contributed by atoms with E-state index >= 15 is 0 Å². The Morgan fingerprint density at radius 1 is 1.10 bits per heavy atom. The summed E-state index contributed by atoms with van der Waals surface area (Å²) < 4.78 is 13.2. The Morgan fingerprint density at radius 2 is 1.85 bits per heavy atom. The summed E-state index contributed by atoms with van der Waals surface area (Å²) in [6, 6.07) is 11.4. The van der Waals surface area contributed by atoms with Gasteiger partial charge in [0.05, 0.1) is 5.60 Å². The first-order chi connectivity index (χ1) is 9.35. The zero-order valence-electron chi connectivity index (χ0n) is 11.0. The van der Waals surface area contributed by atoms with Crippen molar-refractivity contribution in [2.45, 2.75) is 25.4 Å². The summed E-state index contributed by atoms with van der Waals surface area (Å²) in [6.07, 6.45) is 0.725. The van der Waals surface area contributed by atoms with Gasteiger partial charge in [-0.2, -0.15) is 0 Å². The van der Waals surface area contributed by atoms with Crippen LogP contribution in [0.2, 0.25) is 10.0 Å². The fraction of sp³-hybridized carbons (Fsp3) is 0.250. The van der Waals surface area contributed by atoms with Crippen LogP contribution in [0, 0.1) is 5.82 Å². The van der Waals surface area contributed by atoms with Gasteiger partial charge in [0.25, 0.3) is 0 Å². The largest absolute Gasteiger partial charge is 0.389 e. The molecule has 2 aromatic carbocycles. The Hall–Kier alpha value is -1.09. The molecule has 0 fully saturated rings. The molecule has 106 valence electrons. The van der Waals surface area contributed by atoms with Crippen LogP contribution in [0.25, 0.3) is 0 Å². The molecule has 0 aliphatic rings. The van der Waals surface area contributed by atoms with E-state index < -0.39 is 5.60 Å². The number of benzene rings is 2. The van der Waals surface area contributed by atoms with Gasteiger partial charge in [0, 0.05) is 22.9 Å². The molecule has 4 heteroatoms. The second-order valence-corrected chi connectivity index (χ2v) is 6.06. The summed E-state index contributed by atoms with van der Waals surface area (Å²) in [6.45, 7) is 1.71. The van der Waals surface area contributed by atoms with Crippen LogP contribution in [0.4, 0.5) is 4.39 Å². The van der Waals surface area contributed by atoms with Crippen molar-refractivity contribution >= 4 is 23.2 Å². The molecule has 1 atom stereocenters. The Morgan fingerprint density at radius 3 is 2.50 bits per heavy atom. The molecule has 0 aliphatic heterocycles. The molecule has 2 aromatic rings. The van der Waals surface area contributed by atoms with Crippen molar-refractivity contribution in [3.63, 3.8) is 0 Å². The zero-order valence-corrected chi connectivity index (χ0v) is 12.5. The van der Waals surface area contributed by atoms with Crippen molar-refractivity contribution in [1.29, 1.82) is 0 Å². The molecule has 0 heterocycles. The lowest BCUT2D eigenvalue weighted by Crippen LogP contribution is -2.30. The lowest BCUT2D eigenvalue weighted by atomic mass is 9.90. The maximum absolute atomic E-state index is 13.2. The van der Waals surface area contributed by atoms with E-state index in [-0.39, 0.29) is 5.82 Å². The molecule has 0 aromatic heterocycles. The van der Waals surface area contributed by atoms with Gasteiger partial charge in [-0.15, -0.1) is 0 Å². The van der Waals surface area contributed by atoms with Crippen LogP contribution >= 0.6 is 23.2 Å². The lowest BCUT2D eigenvalue weighted by Gasteiger charge is -2.24. The van der Waals surface area contributed by atoms with E-state index in [1.165, 1.54) is 12.1 Å². The normalized spacial score (nSPS) is 14.1. The van der Waals surface area contributed by atoms with Crippen molar-refractivity contribution in [2.75, 3.05) is 0 Å². The molecule has 0 spiro atoms. The standard InChI is InChI=1S/C16H15Cl2FO/c1-16(20,9-11-3-2-4-14(19)7-11)10-12-5-6-13(17)8-15(12)18/h2-8,20H,9-10H2,1H3. The third-order valence-corrected chi connectivity index (χ3v) is 3.65. The molecule has 2 rings (SSSR count). The molecular weight excluding hydrogens is 298 g/mol. The van der Waals surface area contributed by atoms with Gasteiger partial charge in [0.1, 0.15) is 5.82 Å². The van der Waals surface area contributed by atoms with Crippen molar-refractivity contribution in [3.8, 4) is 0 Å². The van der Waals surface area contributed by atoms with Gasteiger partial charge in [0.15, 0.2) is 0 Å². The van der Waals surface area contributed by atoms with Gasteiger partial charge >= 0.3 is 0 Å². The Kier molecular flexibility index (Phi) is 4.69. The fourth-order valence-electron chi connectivity index (χ4n) is 2.22. The van der Waals surface area contributed by atoms with Crippen molar-refractivity contribution in [2.24, 2.45) is 0 Å². The molecule has 0 radical (unpaired) electrons. The second-order valence-electron chi connectivity index (χ2n) is 5.22. The average molecular weight is 313 g/mol. The van der Waals surface area contributed by atoms with Crippen LogP contribution in [0.3, 0.4) is 0 Å². The quantitative estimate of drug-likeness (QED) is 0.870. The number of hydrogen-bond donors (Lipinski definition) is 1. The minimum absolute atomic E-state index is 0.303. The highest BCUT2D eigenvalue weighted by molar-refractivity contribution is 6.35. The predicted molar refractivity (Wildman–Crippen MR) is 80.9 cm³/mol. The monoisotopic (exact) mass is 312 g/mol. The average Bonchev–Trinajstić information content (AvgIpc) is 2.32. The SMILES string of the molecule is CC(O)(Cc1cccc(F)c1)Cc1ccc(Cl)cc1Cl. The number of halogens is 3. The van der Waals surface area contributed by atoms with E-state index in [1.54, 1.807) is 37.3 Å².